The van der Waals surface area contributed by atoms with Crippen molar-refractivity contribution < 1.29 is 13.2 Å². The molecule has 0 amide bonds. The van der Waals surface area contributed by atoms with Gasteiger partial charge < -0.3 is 0 Å². The lowest BCUT2D eigenvalue weighted by atomic mass is 10.1. The van der Waals surface area contributed by atoms with Gasteiger partial charge in [-0.25, -0.2) is 8.42 Å². The first-order chi connectivity index (χ1) is 12.4. The van der Waals surface area contributed by atoms with Crippen molar-refractivity contribution in [1.82, 2.24) is 0 Å². The monoisotopic (exact) mass is 389 g/mol. The Morgan fingerprint density at radius 2 is 1.96 bits per heavy atom. The number of sulfonamides is 1. The van der Waals surface area contributed by atoms with Crippen molar-refractivity contribution in [2.45, 2.75) is 26.0 Å². The fraction of sp³-hybridized carbons (Fsp3) is 0.350. The van der Waals surface area contributed by atoms with E-state index in [4.69, 9.17) is 0 Å². The van der Waals surface area contributed by atoms with E-state index >= 15 is 0 Å². The number of carbonyl (C=O) groups excluding carboxylic acids is 1. The average molecular weight is 390 g/mol. The number of anilines is 1. The van der Waals surface area contributed by atoms with Gasteiger partial charge in [0, 0.05) is 17.9 Å². The number of benzene rings is 2. The van der Waals surface area contributed by atoms with Crippen molar-refractivity contribution >= 4 is 33.3 Å². The van der Waals surface area contributed by atoms with Crippen LogP contribution in [-0.2, 0) is 22.2 Å². The second kappa shape index (κ2) is 7.84. The number of fused-ring (bicyclic) bond motifs is 1. The number of aryl methyl sites for hydroxylation is 1. The standard InChI is InChI=1S/C20H23NO3S2/c1-3-26(23,24)21-11-10-16-12-17(8-9-19(16)21)20(22)14-25-13-18-7-5-4-6-15(18)2/h4-9,12H,3,10-11,13-14H2,1-2H3. The molecule has 3 rings (SSSR count). The molecular formula is C20H23NO3S2. The van der Waals surface area contributed by atoms with Gasteiger partial charge in [-0.15, -0.1) is 11.8 Å². The molecule has 0 spiro atoms. The Labute approximate surface area is 159 Å². The van der Waals surface area contributed by atoms with Gasteiger partial charge in [0.2, 0.25) is 10.0 Å². The van der Waals surface area contributed by atoms with Gasteiger partial charge in [0.1, 0.15) is 0 Å². The molecule has 0 saturated carbocycles. The van der Waals surface area contributed by atoms with Crippen LogP contribution in [0, 0.1) is 6.92 Å². The van der Waals surface area contributed by atoms with Crippen LogP contribution in [0.5, 0.6) is 0 Å². The van der Waals surface area contributed by atoms with E-state index in [2.05, 4.69) is 19.1 Å². The van der Waals surface area contributed by atoms with E-state index in [0.29, 0.717) is 24.3 Å². The molecule has 6 heteroatoms. The molecule has 0 aliphatic carbocycles. The first kappa shape index (κ1) is 19.0. The molecule has 4 nitrogen and oxygen atoms in total. The molecular weight excluding hydrogens is 366 g/mol. The summed E-state index contributed by atoms with van der Waals surface area (Å²) >= 11 is 1.61. The highest BCUT2D eigenvalue weighted by Crippen LogP contribution is 2.31. The lowest BCUT2D eigenvalue weighted by molar-refractivity contribution is 0.102. The summed E-state index contributed by atoms with van der Waals surface area (Å²) in [5.74, 6) is 1.40. The van der Waals surface area contributed by atoms with E-state index in [-0.39, 0.29) is 11.5 Å². The third kappa shape index (κ3) is 3.96. The molecule has 0 atom stereocenters. The Bertz CT molecular complexity index is 922. The van der Waals surface area contributed by atoms with Crippen molar-refractivity contribution in [1.29, 1.82) is 0 Å². The minimum absolute atomic E-state index is 0.0860. The van der Waals surface area contributed by atoms with Crippen molar-refractivity contribution in [3.8, 4) is 0 Å². The molecule has 1 aliphatic heterocycles. The average Bonchev–Trinajstić information content (AvgIpc) is 3.07. The fourth-order valence-corrected chi connectivity index (χ4v) is 5.26. The third-order valence-electron chi connectivity index (χ3n) is 4.71. The van der Waals surface area contributed by atoms with Gasteiger partial charge in [-0.2, -0.15) is 0 Å². The number of hydrogen-bond acceptors (Lipinski definition) is 4. The lowest BCUT2D eigenvalue weighted by Crippen LogP contribution is -2.30. The first-order valence-electron chi connectivity index (χ1n) is 8.71. The van der Waals surface area contributed by atoms with Gasteiger partial charge >= 0.3 is 0 Å². The highest BCUT2D eigenvalue weighted by atomic mass is 32.2. The molecule has 2 aromatic carbocycles. The molecule has 0 saturated heterocycles. The second-order valence-corrected chi connectivity index (χ2v) is 9.58. The summed E-state index contributed by atoms with van der Waals surface area (Å²) in [5.41, 5.74) is 4.81. The minimum atomic E-state index is -3.25. The SMILES string of the molecule is CCS(=O)(=O)N1CCc2cc(C(=O)CSCc3ccccc3C)ccc21. The van der Waals surface area contributed by atoms with Crippen molar-refractivity contribution in [2.75, 3.05) is 22.4 Å². The predicted octanol–water partition coefficient (Wildman–Crippen LogP) is 3.82. The number of rotatable bonds is 7. The third-order valence-corrected chi connectivity index (χ3v) is 7.47. The van der Waals surface area contributed by atoms with Gasteiger partial charge in [0.25, 0.3) is 0 Å². The molecule has 138 valence electrons. The van der Waals surface area contributed by atoms with Gasteiger partial charge in [-0.05, 0) is 55.2 Å². The molecule has 0 aromatic heterocycles. The summed E-state index contributed by atoms with van der Waals surface area (Å²) in [7, 11) is -3.25. The molecule has 0 radical (unpaired) electrons. The number of nitrogens with zero attached hydrogens (tertiary/aromatic N) is 1. The van der Waals surface area contributed by atoms with E-state index in [1.165, 1.54) is 15.4 Å². The summed E-state index contributed by atoms with van der Waals surface area (Å²) in [4.78, 5) is 12.5. The summed E-state index contributed by atoms with van der Waals surface area (Å²) in [6, 6.07) is 13.6. The van der Waals surface area contributed by atoms with Crippen LogP contribution in [0.25, 0.3) is 0 Å². The Balaban J connectivity index is 1.66. The zero-order valence-corrected chi connectivity index (χ0v) is 16.7. The topological polar surface area (TPSA) is 54.5 Å². The maximum atomic E-state index is 12.5. The smallest absolute Gasteiger partial charge is 0.234 e. The first-order valence-corrected chi connectivity index (χ1v) is 11.5. The number of thioether (sulfide) groups is 1. The molecule has 2 aromatic rings. The van der Waals surface area contributed by atoms with Gasteiger partial charge in [-0.3, -0.25) is 9.10 Å². The van der Waals surface area contributed by atoms with E-state index in [1.54, 1.807) is 30.8 Å². The van der Waals surface area contributed by atoms with Crippen LogP contribution >= 0.6 is 11.8 Å². The largest absolute Gasteiger partial charge is 0.293 e. The van der Waals surface area contributed by atoms with Crippen molar-refractivity contribution in [2.24, 2.45) is 0 Å². The van der Waals surface area contributed by atoms with Gasteiger partial charge in [0.05, 0.1) is 17.2 Å². The van der Waals surface area contributed by atoms with Crippen molar-refractivity contribution in [3.05, 3.63) is 64.7 Å². The zero-order valence-electron chi connectivity index (χ0n) is 15.1. The maximum Gasteiger partial charge on any atom is 0.234 e. The van der Waals surface area contributed by atoms with Crippen LogP contribution in [0.4, 0.5) is 5.69 Å². The summed E-state index contributed by atoms with van der Waals surface area (Å²) in [6.07, 6.45) is 0.659. The van der Waals surface area contributed by atoms with Crippen LogP contribution in [0.2, 0.25) is 0 Å². The molecule has 1 heterocycles. The molecule has 26 heavy (non-hydrogen) atoms. The maximum absolute atomic E-state index is 12.5. The minimum Gasteiger partial charge on any atom is -0.293 e. The Hall–Kier alpha value is -1.79. The number of carbonyl (C=O) groups is 1. The predicted molar refractivity (Wildman–Crippen MR) is 109 cm³/mol. The summed E-state index contributed by atoms with van der Waals surface area (Å²) < 4.78 is 25.7. The van der Waals surface area contributed by atoms with E-state index < -0.39 is 10.0 Å². The lowest BCUT2D eigenvalue weighted by Gasteiger charge is -2.18. The van der Waals surface area contributed by atoms with Crippen LogP contribution in [0.3, 0.4) is 0 Å². The van der Waals surface area contributed by atoms with E-state index in [1.807, 2.05) is 18.2 Å². The van der Waals surface area contributed by atoms with Crippen molar-refractivity contribution in [3.63, 3.8) is 0 Å². The summed E-state index contributed by atoms with van der Waals surface area (Å²) in [5, 5.41) is 0. The van der Waals surface area contributed by atoms with Gasteiger partial charge in [-0.1, -0.05) is 24.3 Å². The van der Waals surface area contributed by atoms with Crippen LogP contribution in [0.15, 0.2) is 42.5 Å². The summed E-state index contributed by atoms with van der Waals surface area (Å²) in [6.45, 7) is 4.19. The normalized spacial score (nSPS) is 13.7. The number of ketones is 1. The molecule has 0 bridgehead atoms. The zero-order chi connectivity index (χ0) is 18.7. The van der Waals surface area contributed by atoms with Crippen LogP contribution in [-0.4, -0.2) is 32.3 Å². The molecule has 0 unspecified atom stereocenters. The van der Waals surface area contributed by atoms with Crippen LogP contribution < -0.4 is 4.31 Å². The molecule has 1 aliphatic rings. The molecule has 0 N–H and O–H groups in total. The highest BCUT2D eigenvalue weighted by Gasteiger charge is 2.28. The molecule has 0 fully saturated rings. The number of hydrogen-bond donors (Lipinski definition) is 0. The van der Waals surface area contributed by atoms with Gasteiger partial charge in [0.15, 0.2) is 5.78 Å². The Morgan fingerprint density at radius 1 is 1.19 bits per heavy atom. The highest BCUT2D eigenvalue weighted by molar-refractivity contribution is 7.99. The Morgan fingerprint density at radius 3 is 2.69 bits per heavy atom. The van der Waals surface area contributed by atoms with E-state index in [9.17, 15) is 13.2 Å². The second-order valence-electron chi connectivity index (χ2n) is 6.41. The number of Topliss-reactive ketones (excluding diaryl/α,β-unsaturated/α-hetero) is 1. The Kier molecular flexibility index (Phi) is 5.73. The fourth-order valence-electron chi connectivity index (χ4n) is 3.10. The van der Waals surface area contributed by atoms with E-state index in [0.717, 1.165) is 17.0 Å². The quantitative estimate of drug-likeness (QED) is 0.676. The van der Waals surface area contributed by atoms with Crippen LogP contribution in [0.1, 0.15) is 34.0 Å².